The zero-order valence-corrected chi connectivity index (χ0v) is 9.61. The van der Waals surface area contributed by atoms with E-state index in [-0.39, 0.29) is 0 Å². The Labute approximate surface area is 78.9 Å². The summed E-state index contributed by atoms with van der Waals surface area (Å²) in [4.78, 5) is 0. The monoisotopic (exact) mass is 173 g/mol. The summed E-state index contributed by atoms with van der Waals surface area (Å²) in [7, 11) is 0. The molecule has 1 N–H and O–H groups in total. The first kappa shape index (κ1) is 14.5. The Balaban J connectivity index is 0. The minimum atomic E-state index is 0.973. The van der Waals surface area contributed by atoms with Gasteiger partial charge in [-0.05, 0) is 31.8 Å². The van der Waals surface area contributed by atoms with E-state index in [1.807, 2.05) is 13.8 Å². The van der Waals surface area contributed by atoms with E-state index in [2.05, 4.69) is 26.1 Å². The van der Waals surface area contributed by atoms with E-state index in [0.717, 1.165) is 5.92 Å². The molecule has 0 saturated carbocycles. The molecule has 76 valence electrons. The number of piperidine rings is 1. The first-order valence-corrected chi connectivity index (χ1v) is 5.52. The lowest BCUT2D eigenvalue weighted by atomic mass is 10.0. The van der Waals surface area contributed by atoms with Crippen LogP contribution in [0.5, 0.6) is 0 Å². The van der Waals surface area contributed by atoms with Crippen molar-refractivity contribution in [2.24, 2.45) is 5.92 Å². The van der Waals surface area contributed by atoms with Gasteiger partial charge in [-0.3, -0.25) is 0 Å². The molecule has 0 aromatic rings. The van der Waals surface area contributed by atoms with Crippen LogP contribution < -0.4 is 5.32 Å². The molecule has 1 fully saturated rings. The highest BCUT2D eigenvalue weighted by atomic mass is 14.9. The van der Waals surface area contributed by atoms with Gasteiger partial charge in [-0.25, -0.2) is 0 Å². The zero-order valence-electron chi connectivity index (χ0n) is 9.61. The van der Waals surface area contributed by atoms with Crippen molar-refractivity contribution in [2.45, 2.75) is 53.9 Å². The van der Waals surface area contributed by atoms with E-state index in [0.29, 0.717) is 0 Å². The largest absolute Gasteiger partial charge is 0.317 e. The fourth-order valence-corrected chi connectivity index (χ4v) is 0.966. The third-order valence-corrected chi connectivity index (χ3v) is 1.63. The molecular weight excluding hydrogens is 146 g/mol. The fourth-order valence-electron chi connectivity index (χ4n) is 0.966. The predicted octanol–water partition coefficient (Wildman–Crippen LogP) is 3.45. The Morgan fingerprint density at radius 2 is 1.42 bits per heavy atom. The maximum absolute atomic E-state index is 3.32. The van der Waals surface area contributed by atoms with Gasteiger partial charge >= 0.3 is 0 Å². The molecule has 1 heteroatoms. The SMILES string of the molecule is CC.CC1CCNCC1.CCC. The first-order valence-electron chi connectivity index (χ1n) is 5.52. The lowest BCUT2D eigenvalue weighted by Crippen LogP contribution is -2.26. The molecule has 0 aliphatic carbocycles. The fraction of sp³-hybridized carbons (Fsp3) is 1.00. The van der Waals surface area contributed by atoms with Crippen molar-refractivity contribution >= 4 is 0 Å². The van der Waals surface area contributed by atoms with Gasteiger partial charge in [0.05, 0.1) is 0 Å². The molecule has 1 heterocycles. The molecule has 0 atom stereocenters. The quantitative estimate of drug-likeness (QED) is 0.591. The average Bonchev–Trinajstić information content (AvgIpc) is 2.11. The Bertz CT molecular complexity index is 56.0. The molecule has 0 aromatic carbocycles. The first-order chi connectivity index (χ1) is 5.81. The predicted molar refractivity (Wildman–Crippen MR) is 58.6 cm³/mol. The van der Waals surface area contributed by atoms with Crippen LogP contribution >= 0.6 is 0 Å². The number of hydrogen-bond donors (Lipinski definition) is 1. The van der Waals surface area contributed by atoms with Crippen LogP contribution in [-0.2, 0) is 0 Å². The molecule has 0 aromatic heterocycles. The Morgan fingerprint density at radius 3 is 1.58 bits per heavy atom. The molecule has 0 radical (unpaired) electrons. The van der Waals surface area contributed by atoms with Gasteiger partial charge in [-0.2, -0.15) is 0 Å². The van der Waals surface area contributed by atoms with E-state index in [1.165, 1.54) is 32.4 Å². The van der Waals surface area contributed by atoms with Crippen LogP contribution in [0.15, 0.2) is 0 Å². The molecule has 0 amide bonds. The van der Waals surface area contributed by atoms with Crippen LogP contribution in [0.4, 0.5) is 0 Å². The van der Waals surface area contributed by atoms with Gasteiger partial charge in [0.25, 0.3) is 0 Å². The Kier molecular flexibility index (Phi) is 16.3. The van der Waals surface area contributed by atoms with Crippen molar-refractivity contribution in [2.75, 3.05) is 13.1 Å². The van der Waals surface area contributed by atoms with E-state index >= 15 is 0 Å². The third kappa shape index (κ3) is 12.6. The van der Waals surface area contributed by atoms with Crippen molar-refractivity contribution in [1.82, 2.24) is 5.32 Å². The molecular formula is C11H27N. The van der Waals surface area contributed by atoms with Gasteiger partial charge in [0.15, 0.2) is 0 Å². The van der Waals surface area contributed by atoms with E-state index in [9.17, 15) is 0 Å². The summed E-state index contributed by atoms with van der Waals surface area (Å²) in [5.74, 6) is 0.973. The molecule has 0 unspecified atom stereocenters. The molecule has 1 saturated heterocycles. The van der Waals surface area contributed by atoms with Gasteiger partial charge in [0, 0.05) is 0 Å². The van der Waals surface area contributed by atoms with Crippen LogP contribution in [0, 0.1) is 5.92 Å². The van der Waals surface area contributed by atoms with Gasteiger partial charge in [0.2, 0.25) is 0 Å². The highest BCUT2D eigenvalue weighted by molar-refractivity contribution is 4.62. The third-order valence-electron chi connectivity index (χ3n) is 1.63. The van der Waals surface area contributed by atoms with Crippen molar-refractivity contribution in [3.8, 4) is 0 Å². The highest BCUT2D eigenvalue weighted by Crippen LogP contribution is 2.08. The maximum atomic E-state index is 3.32. The minimum Gasteiger partial charge on any atom is -0.317 e. The molecule has 12 heavy (non-hydrogen) atoms. The van der Waals surface area contributed by atoms with Crippen LogP contribution in [0.1, 0.15) is 53.9 Å². The van der Waals surface area contributed by atoms with Gasteiger partial charge in [-0.1, -0.05) is 41.0 Å². The van der Waals surface area contributed by atoms with Crippen LogP contribution in [-0.4, -0.2) is 13.1 Å². The lowest BCUT2D eigenvalue weighted by Gasteiger charge is -2.17. The summed E-state index contributed by atoms with van der Waals surface area (Å²) in [5.41, 5.74) is 0. The normalized spacial score (nSPS) is 16.8. The number of hydrogen-bond acceptors (Lipinski definition) is 1. The van der Waals surface area contributed by atoms with Crippen LogP contribution in [0.25, 0.3) is 0 Å². The number of nitrogens with one attached hydrogen (secondary N) is 1. The van der Waals surface area contributed by atoms with Gasteiger partial charge < -0.3 is 5.32 Å². The zero-order chi connectivity index (χ0) is 9.82. The minimum absolute atomic E-state index is 0.973. The van der Waals surface area contributed by atoms with E-state index in [4.69, 9.17) is 0 Å². The van der Waals surface area contributed by atoms with Crippen molar-refractivity contribution < 1.29 is 0 Å². The van der Waals surface area contributed by atoms with Gasteiger partial charge in [-0.15, -0.1) is 0 Å². The molecule has 1 aliphatic rings. The summed E-state index contributed by atoms with van der Waals surface area (Å²) >= 11 is 0. The summed E-state index contributed by atoms with van der Waals surface area (Å²) in [5, 5.41) is 3.32. The second-order valence-corrected chi connectivity index (χ2v) is 3.14. The van der Waals surface area contributed by atoms with E-state index < -0.39 is 0 Å². The Morgan fingerprint density at radius 1 is 1.08 bits per heavy atom. The summed E-state index contributed by atoms with van der Waals surface area (Å²) in [6.45, 7) is 13.0. The maximum Gasteiger partial charge on any atom is -0.00464 e. The van der Waals surface area contributed by atoms with Crippen LogP contribution in [0.2, 0.25) is 0 Å². The summed E-state index contributed by atoms with van der Waals surface area (Å²) in [6.07, 6.45) is 4.00. The standard InChI is InChI=1S/C6H13N.C3H8.C2H6/c1-6-2-4-7-5-3-6;1-3-2;1-2/h6-7H,2-5H2,1H3;3H2,1-2H3;1-2H3. The second-order valence-electron chi connectivity index (χ2n) is 3.14. The highest BCUT2D eigenvalue weighted by Gasteiger charge is 2.04. The lowest BCUT2D eigenvalue weighted by molar-refractivity contribution is 0.402. The summed E-state index contributed by atoms with van der Waals surface area (Å²) in [6, 6.07) is 0. The van der Waals surface area contributed by atoms with Crippen LogP contribution in [0.3, 0.4) is 0 Å². The molecule has 0 bridgehead atoms. The van der Waals surface area contributed by atoms with Crippen molar-refractivity contribution in [1.29, 1.82) is 0 Å². The Hall–Kier alpha value is -0.0400. The summed E-state index contributed by atoms with van der Waals surface area (Å²) < 4.78 is 0. The molecule has 1 nitrogen and oxygen atoms in total. The van der Waals surface area contributed by atoms with Crippen molar-refractivity contribution in [3.05, 3.63) is 0 Å². The molecule has 1 aliphatic heterocycles. The van der Waals surface area contributed by atoms with Gasteiger partial charge in [0.1, 0.15) is 0 Å². The number of rotatable bonds is 0. The molecule has 1 rings (SSSR count). The topological polar surface area (TPSA) is 12.0 Å². The second kappa shape index (κ2) is 13.5. The van der Waals surface area contributed by atoms with E-state index in [1.54, 1.807) is 0 Å². The molecule has 0 spiro atoms. The smallest absolute Gasteiger partial charge is 0.00464 e. The average molecular weight is 173 g/mol. The van der Waals surface area contributed by atoms with Crippen molar-refractivity contribution in [3.63, 3.8) is 0 Å².